The van der Waals surface area contributed by atoms with Gasteiger partial charge in [-0.1, -0.05) is 60.7 Å². The summed E-state index contributed by atoms with van der Waals surface area (Å²) in [7, 11) is -3.75. The number of sulfonamides is 1. The average molecular weight is 541 g/mol. The topological polar surface area (TPSA) is 122 Å². The number of nitrogens with two attached hydrogens (primary N) is 1. The zero-order valence-electron chi connectivity index (χ0n) is 20.7. The van der Waals surface area contributed by atoms with Crippen LogP contribution >= 0.6 is 11.3 Å². The number of hydrogen-bond donors (Lipinski definition) is 3. The first-order chi connectivity index (χ1) is 17.8. The van der Waals surface area contributed by atoms with Gasteiger partial charge in [0.05, 0.1) is 6.26 Å². The SMILES string of the molecule is CS(=O)(=O)N[C@@H](C(=O)N1CCC[C@H]1C(=O)NCc1csc(CN)c1)C(c1ccccc1)c1ccccc1. The van der Waals surface area contributed by atoms with E-state index in [-0.39, 0.29) is 5.91 Å². The molecular weight excluding hydrogens is 508 g/mol. The molecule has 0 aliphatic carbocycles. The lowest BCUT2D eigenvalue weighted by Gasteiger charge is -2.33. The van der Waals surface area contributed by atoms with Crippen molar-refractivity contribution in [2.75, 3.05) is 12.8 Å². The molecule has 2 heterocycles. The van der Waals surface area contributed by atoms with Gasteiger partial charge in [-0.25, -0.2) is 13.1 Å². The predicted molar refractivity (Wildman–Crippen MR) is 145 cm³/mol. The molecule has 2 aromatic carbocycles. The van der Waals surface area contributed by atoms with E-state index in [0.29, 0.717) is 32.5 Å². The van der Waals surface area contributed by atoms with Crippen LogP contribution in [0.2, 0.25) is 0 Å². The molecule has 1 fully saturated rings. The number of nitrogens with zero attached hydrogens (tertiary/aromatic N) is 1. The van der Waals surface area contributed by atoms with Crippen molar-refractivity contribution in [3.8, 4) is 0 Å². The van der Waals surface area contributed by atoms with E-state index in [2.05, 4.69) is 10.0 Å². The molecule has 0 spiro atoms. The monoisotopic (exact) mass is 540 g/mol. The first kappa shape index (κ1) is 27.0. The van der Waals surface area contributed by atoms with Crippen LogP contribution < -0.4 is 15.8 Å². The maximum absolute atomic E-state index is 14.0. The van der Waals surface area contributed by atoms with E-state index in [4.69, 9.17) is 5.73 Å². The van der Waals surface area contributed by atoms with E-state index >= 15 is 0 Å². The van der Waals surface area contributed by atoms with Crippen molar-refractivity contribution in [3.05, 3.63) is 93.7 Å². The molecule has 0 unspecified atom stereocenters. The van der Waals surface area contributed by atoms with Crippen LogP contribution in [-0.4, -0.2) is 50.0 Å². The van der Waals surface area contributed by atoms with Crippen LogP contribution in [-0.2, 0) is 32.7 Å². The molecule has 1 aliphatic heterocycles. The van der Waals surface area contributed by atoms with Gasteiger partial charge in [0.15, 0.2) is 0 Å². The van der Waals surface area contributed by atoms with Gasteiger partial charge in [0.2, 0.25) is 21.8 Å². The van der Waals surface area contributed by atoms with Gasteiger partial charge in [-0.3, -0.25) is 9.59 Å². The summed E-state index contributed by atoms with van der Waals surface area (Å²) in [5.41, 5.74) is 8.24. The number of nitrogens with one attached hydrogen (secondary N) is 2. The van der Waals surface area contributed by atoms with Crippen LogP contribution in [0.3, 0.4) is 0 Å². The van der Waals surface area contributed by atoms with Gasteiger partial charge in [0.1, 0.15) is 12.1 Å². The zero-order chi connectivity index (χ0) is 26.4. The summed E-state index contributed by atoms with van der Waals surface area (Å²) in [5, 5.41) is 4.89. The minimum Gasteiger partial charge on any atom is -0.350 e. The third-order valence-corrected chi connectivity index (χ3v) is 8.16. The molecule has 8 nitrogen and oxygen atoms in total. The third-order valence-electron chi connectivity index (χ3n) is 6.47. The van der Waals surface area contributed by atoms with Crippen LogP contribution in [0.1, 0.15) is 40.3 Å². The maximum Gasteiger partial charge on any atom is 0.243 e. The number of thiophene rings is 1. The van der Waals surface area contributed by atoms with E-state index in [9.17, 15) is 18.0 Å². The second-order valence-corrected chi connectivity index (χ2v) is 12.0. The van der Waals surface area contributed by atoms with E-state index in [1.807, 2.05) is 72.1 Å². The van der Waals surface area contributed by atoms with Crippen molar-refractivity contribution in [1.82, 2.24) is 14.9 Å². The van der Waals surface area contributed by atoms with Gasteiger partial charge < -0.3 is 16.0 Å². The maximum atomic E-state index is 14.0. The highest BCUT2D eigenvalue weighted by molar-refractivity contribution is 7.88. The number of likely N-dealkylation sites (tertiary alicyclic amines) is 1. The lowest BCUT2D eigenvalue weighted by Crippen LogP contribution is -2.55. The quantitative estimate of drug-likeness (QED) is 0.365. The summed E-state index contributed by atoms with van der Waals surface area (Å²) in [4.78, 5) is 29.8. The van der Waals surface area contributed by atoms with Gasteiger partial charge in [-0.05, 0) is 41.0 Å². The zero-order valence-corrected chi connectivity index (χ0v) is 22.3. The van der Waals surface area contributed by atoms with Crippen LogP contribution in [0, 0.1) is 0 Å². The molecule has 1 aliphatic rings. The number of rotatable bonds is 10. The molecule has 1 aromatic heterocycles. The van der Waals surface area contributed by atoms with Crippen LogP contribution in [0.5, 0.6) is 0 Å². The van der Waals surface area contributed by atoms with Crippen molar-refractivity contribution in [3.63, 3.8) is 0 Å². The van der Waals surface area contributed by atoms with Gasteiger partial charge in [-0.15, -0.1) is 11.3 Å². The number of amides is 2. The molecule has 196 valence electrons. The molecule has 0 bridgehead atoms. The Balaban J connectivity index is 1.61. The van der Waals surface area contributed by atoms with E-state index < -0.39 is 33.9 Å². The van der Waals surface area contributed by atoms with Gasteiger partial charge in [0, 0.05) is 30.4 Å². The number of carbonyl (C=O) groups excluding carboxylic acids is 2. The second-order valence-electron chi connectivity index (χ2n) is 9.20. The summed E-state index contributed by atoms with van der Waals surface area (Å²) in [6, 6.07) is 18.9. The molecule has 4 rings (SSSR count). The Kier molecular flexibility index (Phi) is 8.75. The molecule has 1 saturated heterocycles. The second kappa shape index (κ2) is 12.0. The highest BCUT2D eigenvalue weighted by atomic mass is 32.2. The highest BCUT2D eigenvalue weighted by Gasteiger charge is 2.41. The van der Waals surface area contributed by atoms with Gasteiger partial charge in [0.25, 0.3) is 0 Å². The van der Waals surface area contributed by atoms with Crippen molar-refractivity contribution >= 4 is 33.2 Å². The van der Waals surface area contributed by atoms with E-state index in [1.165, 1.54) is 4.90 Å². The van der Waals surface area contributed by atoms with E-state index in [0.717, 1.165) is 27.8 Å². The third kappa shape index (κ3) is 6.84. The number of carbonyl (C=O) groups is 2. The average Bonchev–Trinajstić information content (AvgIpc) is 3.57. The van der Waals surface area contributed by atoms with Gasteiger partial charge >= 0.3 is 0 Å². The van der Waals surface area contributed by atoms with Crippen LogP contribution in [0.4, 0.5) is 0 Å². The van der Waals surface area contributed by atoms with E-state index in [1.54, 1.807) is 11.3 Å². The largest absolute Gasteiger partial charge is 0.350 e. The summed E-state index contributed by atoms with van der Waals surface area (Å²) in [6.07, 6.45) is 2.22. The standard InChI is InChI=1S/C27H32N4O4S2/c1-37(34,35)30-25(24(20-9-4-2-5-10-20)21-11-6-3-7-12-21)27(33)31-14-8-13-23(31)26(32)29-17-19-15-22(16-28)36-18-19/h2-7,9-12,15,18,23-25,30H,8,13-14,16-17,28H2,1H3,(H,29,32)/t23-,25+/m0/s1. The fourth-order valence-corrected chi connectivity index (χ4v) is 6.27. The Labute approximate surface area is 221 Å². The summed E-state index contributed by atoms with van der Waals surface area (Å²) in [6.45, 7) is 1.17. The number of hydrogen-bond acceptors (Lipinski definition) is 6. The van der Waals surface area contributed by atoms with Crippen molar-refractivity contribution in [2.45, 2.75) is 43.9 Å². The smallest absolute Gasteiger partial charge is 0.243 e. The minimum atomic E-state index is -3.75. The molecule has 37 heavy (non-hydrogen) atoms. The lowest BCUT2D eigenvalue weighted by atomic mass is 9.84. The minimum absolute atomic E-state index is 0.250. The van der Waals surface area contributed by atoms with Crippen molar-refractivity contribution in [2.24, 2.45) is 5.73 Å². The Morgan fingerprint density at radius 3 is 2.24 bits per heavy atom. The Hall–Kier alpha value is -3.05. The molecule has 3 aromatic rings. The Morgan fingerprint density at radius 2 is 1.70 bits per heavy atom. The molecule has 2 atom stereocenters. The molecule has 0 radical (unpaired) electrons. The molecular formula is C27H32N4O4S2. The summed E-state index contributed by atoms with van der Waals surface area (Å²) in [5.74, 6) is -1.24. The first-order valence-corrected chi connectivity index (χ1v) is 15.0. The van der Waals surface area contributed by atoms with Crippen molar-refractivity contribution < 1.29 is 18.0 Å². The first-order valence-electron chi connectivity index (χ1n) is 12.2. The number of benzene rings is 2. The molecule has 4 N–H and O–H groups in total. The predicted octanol–water partition coefficient (Wildman–Crippen LogP) is 2.56. The molecule has 10 heteroatoms. The molecule has 0 saturated carbocycles. The fourth-order valence-electron chi connectivity index (χ4n) is 4.80. The lowest BCUT2D eigenvalue weighted by molar-refractivity contribution is -0.140. The summed E-state index contributed by atoms with van der Waals surface area (Å²) >= 11 is 1.54. The Bertz CT molecular complexity index is 1270. The fraction of sp³-hybridized carbons (Fsp3) is 0.333. The molecule has 2 amide bonds. The highest BCUT2D eigenvalue weighted by Crippen LogP contribution is 2.31. The van der Waals surface area contributed by atoms with Gasteiger partial charge in [-0.2, -0.15) is 0 Å². The summed E-state index contributed by atoms with van der Waals surface area (Å²) < 4.78 is 27.5. The van der Waals surface area contributed by atoms with Crippen LogP contribution in [0.15, 0.2) is 72.1 Å². The van der Waals surface area contributed by atoms with Crippen molar-refractivity contribution in [1.29, 1.82) is 0 Å². The normalized spacial score (nSPS) is 16.6. The Morgan fingerprint density at radius 1 is 1.08 bits per heavy atom. The van der Waals surface area contributed by atoms with Crippen LogP contribution in [0.25, 0.3) is 0 Å².